The predicted molar refractivity (Wildman–Crippen MR) is 102 cm³/mol. The van der Waals surface area contributed by atoms with Crippen LogP contribution in [-0.2, 0) is 0 Å². The van der Waals surface area contributed by atoms with Crippen molar-refractivity contribution in [3.63, 3.8) is 0 Å². The lowest BCUT2D eigenvalue weighted by molar-refractivity contribution is 0.0645. The summed E-state index contributed by atoms with van der Waals surface area (Å²) < 4.78 is 0. The molecule has 4 N–H and O–H groups in total. The van der Waals surface area contributed by atoms with Gasteiger partial charge in [-0.15, -0.1) is 10.2 Å². The van der Waals surface area contributed by atoms with Crippen LogP contribution in [0, 0.1) is 11.3 Å². The van der Waals surface area contributed by atoms with E-state index in [-0.39, 0.29) is 23.7 Å². The van der Waals surface area contributed by atoms with Gasteiger partial charge in [-0.1, -0.05) is 0 Å². The summed E-state index contributed by atoms with van der Waals surface area (Å²) in [5.74, 6) is 0.751. The Balaban J connectivity index is 1.57. The first kappa shape index (κ1) is 18.1. The number of likely N-dealkylation sites (tertiary alicyclic amines) is 1. The third kappa shape index (κ3) is 3.84. The second-order valence-electron chi connectivity index (χ2n) is 7.08. The van der Waals surface area contributed by atoms with Crippen LogP contribution in [-0.4, -0.2) is 56.1 Å². The highest BCUT2D eigenvalue weighted by molar-refractivity contribution is 5.98. The molecule has 0 radical (unpaired) electrons. The lowest BCUT2D eigenvalue weighted by atomic mass is 10.1. The summed E-state index contributed by atoms with van der Waals surface area (Å²) in [6.45, 7) is 1.49. The van der Waals surface area contributed by atoms with Gasteiger partial charge in [0.05, 0.1) is 18.1 Å². The van der Waals surface area contributed by atoms with E-state index in [1.807, 2.05) is 6.07 Å². The van der Waals surface area contributed by atoms with Crippen LogP contribution in [0.4, 0.5) is 17.3 Å². The van der Waals surface area contributed by atoms with E-state index in [1.165, 1.54) is 12.4 Å². The van der Waals surface area contributed by atoms with Crippen LogP contribution in [0.15, 0.2) is 18.5 Å². The number of nitrogens with zero attached hydrogens (tertiary/aromatic N) is 6. The maximum atomic E-state index is 12.7. The molecule has 4 rings (SSSR count). The van der Waals surface area contributed by atoms with Gasteiger partial charge >= 0.3 is 0 Å². The second-order valence-corrected chi connectivity index (χ2v) is 7.08. The monoisotopic (exact) mass is 379 g/mol. The molecule has 0 spiro atoms. The second kappa shape index (κ2) is 7.74. The van der Waals surface area contributed by atoms with Crippen molar-refractivity contribution < 1.29 is 4.79 Å². The Morgan fingerprint density at radius 2 is 2.07 bits per heavy atom. The Bertz CT molecular complexity index is 904. The van der Waals surface area contributed by atoms with Crippen molar-refractivity contribution in [2.24, 2.45) is 5.73 Å². The number of amides is 1. The van der Waals surface area contributed by atoms with Gasteiger partial charge in [-0.05, 0) is 25.7 Å². The van der Waals surface area contributed by atoms with Gasteiger partial charge in [0.25, 0.3) is 5.91 Å². The summed E-state index contributed by atoms with van der Waals surface area (Å²) in [6.07, 6.45) is 6.58. The van der Waals surface area contributed by atoms with Crippen molar-refractivity contribution in [2.75, 3.05) is 23.7 Å². The molecule has 1 saturated heterocycles. The molecule has 0 aromatic carbocycles. The van der Waals surface area contributed by atoms with E-state index in [4.69, 9.17) is 11.0 Å². The molecule has 2 fully saturated rings. The highest BCUT2D eigenvalue weighted by Crippen LogP contribution is 2.26. The van der Waals surface area contributed by atoms with E-state index in [0.29, 0.717) is 23.0 Å². The fourth-order valence-corrected chi connectivity index (χ4v) is 3.34. The number of hydrogen-bond donors (Lipinski definition) is 3. The van der Waals surface area contributed by atoms with E-state index in [2.05, 4.69) is 30.8 Å². The molecule has 2 aromatic rings. The summed E-state index contributed by atoms with van der Waals surface area (Å²) in [4.78, 5) is 22.6. The Labute approximate surface area is 162 Å². The Morgan fingerprint density at radius 1 is 1.21 bits per heavy atom. The SMILES string of the molecule is N#Cc1cnc(Nc2cc(NC3CCC(N)C3)c(C(=O)N3CCC3)nn2)cn1. The fourth-order valence-electron chi connectivity index (χ4n) is 3.34. The van der Waals surface area contributed by atoms with Gasteiger partial charge in [-0.25, -0.2) is 9.97 Å². The molecule has 2 atom stereocenters. The van der Waals surface area contributed by atoms with Gasteiger partial charge in [0.15, 0.2) is 17.2 Å². The number of hydrogen-bond acceptors (Lipinski definition) is 9. The zero-order valence-corrected chi connectivity index (χ0v) is 15.3. The largest absolute Gasteiger partial charge is 0.380 e. The number of carbonyl (C=O) groups is 1. The van der Waals surface area contributed by atoms with E-state index in [9.17, 15) is 4.79 Å². The minimum Gasteiger partial charge on any atom is -0.380 e. The van der Waals surface area contributed by atoms with Crippen LogP contribution < -0.4 is 16.4 Å². The molecule has 1 saturated carbocycles. The minimum absolute atomic E-state index is 0.117. The van der Waals surface area contributed by atoms with Gasteiger partial charge in [0.1, 0.15) is 11.9 Å². The lowest BCUT2D eigenvalue weighted by Gasteiger charge is -2.31. The van der Waals surface area contributed by atoms with Crippen molar-refractivity contribution in [1.29, 1.82) is 5.26 Å². The smallest absolute Gasteiger partial charge is 0.276 e. The van der Waals surface area contributed by atoms with Crippen LogP contribution in [0.25, 0.3) is 0 Å². The van der Waals surface area contributed by atoms with E-state index >= 15 is 0 Å². The van der Waals surface area contributed by atoms with E-state index in [0.717, 1.165) is 38.8 Å². The number of anilines is 3. The standard InChI is InChI=1S/C18H21N9O/c19-8-13-9-22-16(10-21-13)24-15-7-14(23-12-3-2-11(20)6-12)17(26-25-15)18(28)27-4-1-5-27/h7,9-12H,1-6,20H2,(H2,22,23,24,25). The molecule has 10 nitrogen and oxygen atoms in total. The predicted octanol–water partition coefficient (Wildman–Crippen LogP) is 1.02. The maximum Gasteiger partial charge on any atom is 0.276 e. The highest BCUT2D eigenvalue weighted by Gasteiger charge is 2.28. The first-order valence-corrected chi connectivity index (χ1v) is 9.30. The topological polar surface area (TPSA) is 146 Å². The van der Waals surface area contributed by atoms with Crippen LogP contribution in [0.1, 0.15) is 41.9 Å². The van der Waals surface area contributed by atoms with Gasteiger partial charge in [-0.3, -0.25) is 4.79 Å². The van der Waals surface area contributed by atoms with Crippen molar-refractivity contribution in [3.8, 4) is 6.07 Å². The molecule has 10 heteroatoms. The van der Waals surface area contributed by atoms with Crippen molar-refractivity contribution in [2.45, 2.75) is 37.8 Å². The molecule has 1 amide bonds. The lowest BCUT2D eigenvalue weighted by Crippen LogP contribution is -2.42. The molecule has 28 heavy (non-hydrogen) atoms. The quantitative estimate of drug-likeness (QED) is 0.693. The van der Waals surface area contributed by atoms with Crippen LogP contribution in [0.3, 0.4) is 0 Å². The summed E-state index contributed by atoms with van der Waals surface area (Å²) in [5.41, 5.74) is 7.20. The van der Waals surface area contributed by atoms with E-state index in [1.54, 1.807) is 11.0 Å². The zero-order chi connectivity index (χ0) is 19.5. The van der Waals surface area contributed by atoms with E-state index < -0.39 is 0 Å². The average Bonchev–Trinajstić information content (AvgIpc) is 3.06. The zero-order valence-electron chi connectivity index (χ0n) is 15.3. The number of nitrogens with one attached hydrogen (secondary N) is 2. The number of carbonyl (C=O) groups excluding carboxylic acids is 1. The number of aromatic nitrogens is 4. The maximum absolute atomic E-state index is 12.7. The Morgan fingerprint density at radius 3 is 2.68 bits per heavy atom. The summed E-state index contributed by atoms with van der Waals surface area (Å²) in [5, 5.41) is 23.5. The van der Waals surface area contributed by atoms with Crippen molar-refractivity contribution in [1.82, 2.24) is 25.1 Å². The van der Waals surface area contributed by atoms with Crippen molar-refractivity contribution in [3.05, 3.63) is 29.8 Å². The molecule has 0 bridgehead atoms. The first-order chi connectivity index (χ1) is 13.6. The van der Waals surface area contributed by atoms with Gasteiger partial charge in [-0.2, -0.15) is 5.26 Å². The third-order valence-corrected chi connectivity index (χ3v) is 5.00. The minimum atomic E-state index is -0.117. The fraction of sp³-hybridized carbons (Fsp3) is 0.444. The van der Waals surface area contributed by atoms with Gasteiger partial charge in [0.2, 0.25) is 0 Å². The molecule has 144 valence electrons. The normalized spacial score (nSPS) is 20.9. The number of nitrogens with two attached hydrogens (primary N) is 1. The molecule has 3 heterocycles. The van der Waals surface area contributed by atoms with Crippen LogP contribution in [0.5, 0.6) is 0 Å². The van der Waals surface area contributed by atoms with Gasteiger partial charge < -0.3 is 21.3 Å². The average molecular weight is 379 g/mol. The summed E-state index contributed by atoms with van der Waals surface area (Å²) in [7, 11) is 0. The number of nitriles is 1. The Hall–Kier alpha value is -3.32. The summed E-state index contributed by atoms with van der Waals surface area (Å²) in [6, 6.07) is 4.05. The molecule has 2 aliphatic rings. The molecular formula is C18H21N9O. The molecule has 2 unspecified atom stereocenters. The summed E-state index contributed by atoms with van der Waals surface area (Å²) >= 11 is 0. The molecule has 1 aliphatic carbocycles. The molecule has 1 aliphatic heterocycles. The molecule has 2 aromatic heterocycles. The Kier molecular flexibility index (Phi) is 4.99. The van der Waals surface area contributed by atoms with Crippen molar-refractivity contribution >= 4 is 23.2 Å². The highest BCUT2D eigenvalue weighted by atomic mass is 16.2. The van der Waals surface area contributed by atoms with Crippen LogP contribution in [0.2, 0.25) is 0 Å². The molecular weight excluding hydrogens is 358 g/mol. The van der Waals surface area contributed by atoms with Crippen LogP contribution >= 0.6 is 0 Å². The van der Waals surface area contributed by atoms with Gasteiger partial charge in [0, 0.05) is 31.2 Å². The first-order valence-electron chi connectivity index (χ1n) is 9.30. The number of rotatable bonds is 5. The third-order valence-electron chi connectivity index (χ3n) is 5.00.